The summed E-state index contributed by atoms with van der Waals surface area (Å²) in [6.07, 6.45) is -13.4. The predicted molar refractivity (Wildman–Crippen MR) is 59.3 cm³/mol. The molecule has 21 heavy (non-hydrogen) atoms. The van der Waals surface area contributed by atoms with Gasteiger partial charge in [-0.25, -0.2) is 0 Å². The van der Waals surface area contributed by atoms with Gasteiger partial charge in [0.25, 0.3) is 6.10 Å². The molecular formula is C12H16F6O3. The molecule has 3 nitrogen and oxygen atoms in total. The summed E-state index contributed by atoms with van der Waals surface area (Å²) < 4.78 is 76.7. The van der Waals surface area contributed by atoms with Crippen LogP contribution in [0.15, 0.2) is 0 Å². The highest BCUT2D eigenvalue weighted by Gasteiger charge is 2.59. The molecule has 1 fully saturated rings. The predicted octanol–water partition coefficient (Wildman–Crippen LogP) is 3.50. The summed E-state index contributed by atoms with van der Waals surface area (Å²) >= 11 is 0. The highest BCUT2D eigenvalue weighted by molar-refractivity contribution is 5.69. The third kappa shape index (κ3) is 5.72. The van der Waals surface area contributed by atoms with Crippen molar-refractivity contribution in [3.05, 3.63) is 0 Å². The van der Waals surface area contributed by atoms with Crippen molar-refractivity contribution < 1.29 is 41.0 Å². The van der Waals surface area contributed by atoms with Crippen molar-refractivity contribution in [1.82, 2.24) is 0 Å². The van der Waals surface area contributed by atoms with Crippen LogP contribution in [0, 0.1) is 0 Å². The molecule has 0 atom stereocenters. The molecule has 0 heterocycles. The first-order chi connectivity index (χ1) is 9.44. The lowest BCUT2D eigenvalue weighted by molar-refractivity contribution is -0.313. The van der Waals surface area contributed by atoms with Crippen LogP contribution in [0.3, 0.4) is 0 Å². The normalized spacial score (nSPS) is 19.6. The molecule has 0 aliphatic heterocycles. The molecule has 0 aromatic heterocycles. The maximum absolute atomic E-state index is 12.2. The third-order valence-corrected chi connectivity index (χ3v) is 3.42. The SMILES string of the molecule is O=C(CCC1(O)CCCCC1)OC(C(F)(F)F)C(F)(F)F. The van der Waals surface area contributed by atoms with Gasteiger partial charge in [0.2, 0.25) is 0 Å². The second kappa shape index (κ2) is 6.41. The summed E-state index contributed by atoms with van der Waals surface area (Å²) in [5.41, 5.74) is -1.21. The minimum atomic E-state index is -5.71. The van der Waals surface area contributed by atoms with Crippen LogP contribution < -0.4 is 0 Å². The van der Waals surface area contributed by atoms with Crippen molar-refractivity contribution in [3.63, 3.8) is 0 Å². The molecule has 0 saturated heterocycles. The fourth-order valence-electron chi connectivity index (χ4n) is 2.30. The lowest BCUT2D eigenvalue weighted by Gasteiger charge is -2.32. The lowest BCUT2D eigenvalue weighted by Crippen LogP contribution is -2.45. The molecule has 1 aliphatic rings. The van der Waals surface area contributed by atoms with E-state index in [2.05, 4.69) is 4.74 Å². The zero-order chi connectivity index (χ0) is 16.3. The van der Waals surface area contributed by atoms with Crippen molar-refractivity contribution in [1.29, 1.82) is 0 Å². The Bertz CT molecular complexity index is 343. The molecule has 0 aromatic carbocycles. The number of hydrogen-bond donors (Lipinski definition) is 1. The molecule has 1 aliphatic carbocycles. The van der Waals surface area contributed by atoms with Gasteiger partial charge in [-0.1, -0.05) is 19.3 Å². The van der Waals surface area contributed by atoms with E-state index in [1.807, 2.05) is 0 Å². The Labute approximate surface area is 117 Å². The highest BCUT2D eigenvalue weighted by atomic mass is 19.4. The van der Waals surface area contributed by atoms with E-state index in [9.17, 15) is 36.2 Å². The van der Waals surface area contributed by atoms with Gasteiger partial charge in [0.05, 0.1) is 5.60 Å². The first kappa shape index (κ1) is 18.1. The fourth-order valence-corrected chi connectivity index (χ4v) is 2.30. The number of rotatable bonds is 4. The van der Waals surface area contributed by atoms with Gasteiger partial charge in [0.1, 0.15) is 0 Å². The average Bonchev–Trinajstić information content (AvgIpc) is 2.32. The van der Waals surface area contributed by atoms with Crippen molar-refractivity contribution in [2.45, 2.75) is 69.0 Å². The van der Waals surface area contributed by atoms with Crippen LogP contribution in [-0.4, -0.2) is 35.1 Å². The van der Waals surface area contributed by atoms with Crippen molar-refractivity contribution in [2.75, 3.05) is 0 Å². The second-order valence-electron chi connectivity index (χ2n) is 5.24. The minimum absolute atomic E-state index is 0.200. The van der Waals surface area contributed by atoms with Gasteiger partial charge >= 0.3 is 18.3 Å². The van der Waals surface area contributed by atoms with Crippen LogP contribution in [0.25, 0.3) is 0 Å². The van der Waals surface area contributed by atoms with Gasteiger partial charge < -0.3 is 9.84 Å². The summed E-state index contributed by atoms with van der Waals surface area (Å²) in [6, 6.07) is 0. The van der Waals surface area contributed by atoms with E-state index in [0.29, 0.717) is 25.7 Å². The summed E-state index contributed by atoms with van der Waals surface area (Å²) in [5, 5.41) is 10.0. The smallest absolute Gasteiger partial charge is 0.434 e. The van der Waals surface area contributed by atoms with Crippen molar-refractivity contribution in [2.24, 2.45) is 0 Å². The molecular weight excluding hydrogens is 306 g/mol. The Morgan fingerprint density at radius 2 is 1.52 bits per heavy atom. The Balaban J connectivity index is 2.55. The van der Waals surface area contributed by atoms with Crippen LogP contribution in [-0.2, 0) is 9.53 Å². The van der Waals surface area contributed by atoms with E-state index in [1.165, 1.54) is 0 Å². The Hall–Kier alpha value is -0.990. The number of esters is 1. The second-order valence-corrected chi connectivity index (χ2v) is 5.24. The molecule has 0 spiro atoms. The van der Waals surface area contributed by atoms with Crippen molar-refractivity contribution >= 4 is 5.97 Å². The third-order valence-electron chi connectivity index (χ3n) is 3.42. The van der Waals surface area contributed by atoms with Gasteiger partial charge in [0, 0.05) is 6.42 Å². The fraction of sp³-hybridized carbons (Fsp3) is 0.917. The van der Waals surface area contributed by atoms with Crippen LogP contribution >= 0.6 is 0 Å². The minimum Gasteiger partial charge on any atom is -0.443 e. The largest absolute Gasteiger partial charge is 0.443 e. The first-order valence-electron chi connectivity index (χ1n) is 6.49. The van der Waals surface area contributed by atoms with Crippen LogP contribution in [0.4, 0.5) is 26.3 Å². The number of halogens is 6. The molecule has 1 N–H and O–H groups in total. The van der Waals surface area contributed by atoms with E-state index in [-0.39, 0.29) is 6.42 Å². The zero-order valence-corrected chi connectivity index (χ0v) is 11.1. The van der Waals surface area contributed by atoms with Crippen LogP contribution in [0.5, 0.6) is 0 Å². The molecule has 0 bridgehead atoms. The van der Waals surface area contributed by atoms with E-state index < -0.39 is 36.4 Å². The van der Waals surface area contributed by atoms with Gasteiger partial charge in [-0.05, 0) is 19.3 Å². The molecule has 0 radical (unpaired) electrons. The summed E-state index contributed by atoms with van der Waals surface area (Å²) in [4.78, 5) is 11.2. The molecule has 1 saturated carbocycles. The molecule has 0 aromatic rings. The highest BCUT2D eigenvalue weighted by Crippen LogP contribution is 2.36. The average molecular weight is 322 g/mol. The Morgan fingerprint density at radius 3 is 1.95 bits per heavy atom. The molecule has 1 rings (SSSR count). The topological polar surface area (TPSA) is 46.5 Å². The quantitative estimate of drug-likeness (QED) is 0.636. The number of carbonyl (C=O) groups is 1. The van der Waals surface area contributed by atoms with Crippen LogP contribution in [0.2, 0.25) is 0 Å². The standard InChI is InChI=1S/C12H16F6O3/c13-11(14,15)9(12(16,17)18)21-8(19)4-7-10(20)5-2-1-3-6-10/h9,20H,1-7H2. The molecule has 0 amide bonds. The van der Waals surface area contributed by atoms with Gasteiger partial charge in [-0.15, -0.1) is 0 Å². The number of carbonyl (C=O) groups excluding carboxylic acids is 1. The van der Waals surface area contributed by atoms with E-state index >= 15 is 0 Å². The lowest BCUT2D eigenvalue weighted by atomic mass is 9.82. The molecule has 9 heteroatoms. The summed E-state index contributed by atoms with van der Waals surface area (Å²) in [5.74, 6) is -1.62. The Kier molecular flexibility index (Phi) is 5.51. The van der Waals surface area contributed by atoms with Crippen molar-refractivity contribution in [3.8, 4) is 0 Å². The molecule has 0 unspecified atom stereocenters. The van der Waals surface area contributed by atoms with E-state index in [4.69, 9.17) is 0 Å². The maximum atomic E-state index is 12.2. The zero-order valence-electron chi connectivity index (χ0n) is 11.1. The first-order valence-corrected chi connectivity index (χ1v) is 6.49. The van der Waals surface area contributed by atoms with Gasteiger partial charge in [-0.3, -0.25) is 4.79 Å². The summed E-state index contributed by atoms with van der Waals surface area (Å²) in [7, 11) is 0. The van der Waals surface area contributed by atoms with E-state index in [0.717, 1.165) is 6.42 Å². The monoisotopic (exact) mass is 322 g/mol. The number of aliphatic hydroxyl groups is 1. The van der Waals surface area contributed by atoms with E-state index in [1.54, 1.807) is 0 Å². The summed E-state index contributed by atoms with van der Waals surface area (Å²) in [6.45, 7) is 0. The van der Waals surface area contributed by atoms with Gasteiger partial charge in [-0.2, -0.15) is 26.3 Å². The number of hydrogen-bond acceptors (Lipinski definition) is 3. The van der Waals surface area contributed by atoms with Gasteiger partial charge in [0.15, 0.2) is 0 Å². The number of ether oxygens (including phenoxy) is 1. The van der Waals surface area contributed by atoms with Crippen LogP contribution in [0.1, 0.15) is 44.9 Å². The molecule has 124 valence electrons. The Morgan fingerprint density at radius 1 is 1.05 bits per heavy atom. The number of alkyl halides is 6. The maximum Gasteiger partial charge on any atom is 0.434 e.